The van der Waals surface area contributed by atoms with Crippen LogP contribution in [0.2, 0.25) is 0 Å². The highest BCUT2D eigenvalue weighted by Gasteiger charge is 2.21. The van der Waals surface area contributed by atoms with Gasteiger partial charge in [0.05, 0.1) is 0 Å². The second-order valence-corrected chi connectivity index (χ2v) is 4.52. The Morgan fingerprint density at radius 3 is 1.90 bits per heavy atom. The summed E-state index contributed by atoms with van der Waals surface area (Å²) in [5.41, 5.74) is 0. The monoisotopic (exact) mass is 160 g/mol. The van der Waals surface area contributed by atoms with E-state index in [0.29, 0.717) is 0 Å². The van der Waals surface area contributed by atoms with E-state index < -0.39 is 0 Å². The second-order valence-electron chi connectivity index (χ2n) is 2.75. The van der Waals surface area contributed by atoms with E-state index in [0.717, 1.165) is 12.8 Å². The quantitative estimate of drug-likeness (QED) is 0.631. The Bertz CT molecular complexity index is 116. The summed E-state index contributed by atoms with van der Waals surface area (Å²) >= 11 is 1.46. The third-order valence-corrected chi connectivity index (χ3v) is 3.24. The maximum absolute atomic E-state index is 10.7. The molecule has 0 aliphatic rings. The minimum Gasteiger partial charge on any atom is -0.288 e. The van der Waals surface area contributed by atoms with Crippen LogP contribution in [0.1, 0.15) is 40.5 Å². The number of thioether (sulfide) groups is 1. The van der Waals surface area contributed by atoms with E-state index in [1.807, 2.05) is 0 Å². The van der Waals surface area contributed by atoms with Gasteiger partial charge in [0.15, 0.2) is 5.12 Å². The molecule has 0 heterocycles. The Morgan fingerprint density at radius 2 is 1.80 bits per heavy atom. The van der Waals surface area contributed by atoms with Crippen molar-refractivity contribution in [2.24, 2.45) is 0 Å². The van der Waals surface area contributed by atoms with Crippen molar-refractivity contribution in [3.8, 4) is 0 Å². The summed E-state index contributed by atoms with van der Waals surface area (Å²) in [4.78, 5) is 10.7. The molecule has 0 atom stereocenters. The predicted octanol–water partition coefficient (Wildman–Crippen LogP) is 2.84. The molecule has 0 amide bonds. The molecule has 0 bridgehead atoms. The molecule has 0 saturated carbocycles. The maximum atomic E-state index is 10.7. The van der Waals surface area contributed by atoms with Crippen molar-refractivity contribution >= 4 is 16.9 Å². The average Bonchev–Trinajstić information content (AvgIpc) is 1.87. The molecular weight excluding hydrogens is 144 g/mol. The van der Waals surface area contributed by atoms with Gasteiger partial charge in [0.2, 0.25) is 0 Å². The van der Waals surface area contributed by atoms with E-state index in [9.17, 15) is 4.79 Å². The number of hydrogen-bond acceptors (Lipinski definition) is 2. The fourth-order valence-corrected chi connectivity index (χ4v) is 1.72. The van der Waals surface area contributed by atoms with Gasteiger partial charge >= 0.3 is 0 Å². The molecular formula is C8H16OS. The van der Waals surface area contributed by atoms with Gasteiger partial charge < -0.3 is 0 Å². The third-order valence-electron chi connectivity index (χ3n) is 1.89. The molecule has 0 radical (unpaired) electrons. The molecule has 0 aromatic rings. The van der Waals surface area contributed by atoms with E-state index in [2.05, 4.69) is 20.8 Å². The number of hydrogen-bond donors (Lipinski definition) is 0. The molecule has 0 aromatic carbocycles. The van der Waals surface area contributed by atoms with E-state index >= 15 is 0 Å². The van der Waals surface area contributed by atoms with Crippen molar-refractivity contribution < 1.29 is 4.79 Å². The molecule has 10 heavy (non-hydrogen) atoms. The van der Waals surface area contributed by atoms with Crippen LogP contribution < -0.4 is 0 Å². The smallest absolute Gasteiger partial charge is 0.186 e. The van der Waals surface area contributed by atoms with Gasteiger partial charge in [0.1, 0.15) is 0 Å². The third kappa shape index (κ3) is 3.25. The lowest BCUT2D eigenvalue weighted by Gasteiger charge is -2.23. The number of rotatable bonds is 3. The van der Waals surface area contributed by atoms with Gasteiger partial charge in [-0.1, -0.05) is 32.5 Å². The summed E-state index contributed by atoms with van der Waals surface area (Å²) in [7, 11) is 0. The van der Waals surface area contributed by atoms with Crippen LogP contribution in [-0.4, -0.2) is 9.86 Å². The van der Waals surface area contributed by atoms with Gasteiger partial charge in [-0.25, -0.2) is 0 Å². The zero-order valence-corrected chi connectivity index (χ0v) is 8.05. The van der Waals surface area contributed by atoms with Gasteiger partial charge in [-0.3, -0.25) is 4.79 Å². The van der Waals surface area contributed by atoms with E-state index in [-0.39, 0.29) is 9.86 Å². The molecule has 0 saturated heterocycles. The standard InChI is InChI=1S/C8H16OS/c1-5-8(4,6-2)10-7(3)9/h5-6H2,1-4H3. The fourth-order valence-electron chi connectivity index (χ4n) is 0.741. The van der Waals surface area contributed by atoms with Crippen LogP contribution >= 0.6 is 11.8 Å². The van der Waals surface area contributed by atoms with Crippen molar-refractivity contribution in [2.75, 3.05) is 0 Å². The SMILES string of the molecule is CCC(C)(CC)SC(C)=O. The van der Waals surface area contributed by atoms with Crippen LogP contribution in [0.3, 0.4) is 0 Å². The van der Waals surface area contributed by atoms with Gasteiger partial charge in [-0.2, -0.15) is 0 Å². The Labute approximate surface area is 67.6 Å². The van der Waals surface area contributed by atoms with Crippen LogP contribution in [0.5, 0.6) is 0 Å². The summed E-state index contributed by atoms with van der Waals surface area (Å²) in [6.45, 7) is 8.02. The van der Waals surface area contributed by atoms with Gasteiger partial charge in [0.25, 0.3) is 0 Å². The predicted molar refractivity (Wildman–Crippen MR) is 47.3 cm³/mol. The summed E-state index contributed by atoms with van der Waals surface area (Å²) < 4.78 is 0.172. The van der Waals surface area contributed by atoms with Crippen molar-refractivity contribution in [2.45, 2.75) is 45.3 Å². The molecule has 0 aliphatic carbocycles. The topological polar surface area (TPSA) is 17.1 Å². The summed E-state index contributed by atoms with van der Waals surface area (Å²) in [5.74, 6) is 0. The normalized spacial score (nSPS) is 11.6. The van der Waals surface area contributed by atoms with Crippen LogP contribution in [0.4, 0.5) is 0 Å². The van der Waals surface area contributed by atoms with Crippen molar-refractivity contribution in [1.82, 2.24) is 0 Å². The average molecular weight is 160 g/mol. The van der Waals surface area contributed by atoms with Crippen molar-refractivity contribution in [3.05, 3.63) is 0 Å². The molecule has 0 aliphatic heterocycles. The first-order valence-corrected chi connectivity index (χ1v) is 4.55. The lowest BCUT2D eigenvalue weighted by atomic mass is 10.1. The first-order chi connectivity index (χ1) is 4.54. The Kier molecular flexibility index (Phi) is 4.02. The number of carbonyl (C=O) groups is 1. The highest BCUT2D eigenvalue weighted by Crippen LogP contribution is 2.31. The van der Waals surface area contributed by atoms with Crippen LogP contribution in [0.25, 0.3) is 0 Å². The van der Waals surface area contributed by atoms with Gasteiger partial charge in [-0.15, -0.1) is 0 Å². The lowest BCUT2D eigenvalue weighted by Crippen LogP contribution is -2.18. The molecule has 0 N–H and O–H groups in total. The van der Waals surface area contributed by atoms with Crippen molar-refractivity contribution in [1.29, 1.82) is 0 Å². The Hall–Kier alpha value is 0.0200. The Balaban J connectivity index is 3.92. The molecule has 0 aromatic heterocycles. The highest BCUT2D eigenvalue weighted by molar-refractivity contribution is 8.14. The summed E-state index contributed by atoms with van der Waals surface area (Å²) in [6.07, 6.45) is 2.13. The minimum atomic E-state index is 0.172. The van der Waals surface area contributed by atoms with Crippen LogP contribution in [0.15, 0.2) is 0 Å². The Morgan fingerprint density at radius 1 is 1.40 bits per heavy atom. The summed E-state index contributed by atoms with van der Waals surface area (Å²) in [5, 5.41) is 0.228. The zero-order chi connectivity index (χ0) is 8.20. The highest BCUT2D eigenvalue weighted by atomic mass is 32.2. The van der Waals surface area contributed by atoms with E-state index in [1.165, 1.54) is 11.8 Å². The van der Waals surface area contributed by atoms with Crippen LogP contribution in [0, 0.1) is 0 Å². The molecule has 2 heteroatoms. The molecule has 60 valence electrons. The molecule has 0 rings (SSSR count). The summed E-state index contributed by atoms with van der Waals surface area (Å²) in [6, 6.07) is 0. The van der Waals surface area contributed by atoms with Gasteiger partial charge in [0, 0.05) is 11.7 Å². The molecule has 1 nitrogen and oxygen atoms in total. The van der Waals surface area contributed by atoms with Crippen molar-refractivity contribution in [3.63, 3.8) is 0 Å². The van der Waals surface area contributed by atoms with Crippen LogP contribution in [-0.2, 0) is 4.79 Å². The molecule has 0 fully saturated rings. The largest absolute Gasteiger partial charge is 0.288 e. The fraction of sp³-hybridized carbons (Fsp3) is 0.875. The second kappa shape index (κ2) is 4.02. The molecule has 0 unspecified atom stereocenters. The molecule has 0 spiro atoms. The van der Waals surface area contributed by atoms with Gasteiger partial charge in [-0.05, 0) is 12.8 Å². The van der Waals surface area contributed by atoms with E-state index in [1.54, 1.807) is 6.92 Å². The lowest BCUT2D eigenvalue weighted by molar-refractivity contribution is -0.109. The zero-order valence-electron chi connectivity index (χ0n) is 7.23. The first kappa shape index (κ1) is 10.0. The number of carbonyl (C=O) groups excluding carboxylic acids is 1. The van der Waals surface area contributed by atoms with E-state index in [4.69, 9.17) is 0 Å². The maximum Gasteiger partial charge on any atom is 0.186 e. The first-order valence-electron chi connectivity index (χ1n) is 3.73. The minimum absolute atomic E-state index is 0.172.